The number of nitrogens with zero attached hydrogens (tertiary/aromatic N) is 3. The maximum Gasteiger partial charge on any atom is 0.323 e. The summed E-state index contributed by atoms with van der Waals surface area (Å²) in [6, 6.07) is 8.32. The number of pyridine rings is 1. The van der Waals surface area contributed by atoms with Crippen molar-refractivity contribution >= 4 is 51.0 Å². The normalized spacial score (nSPS) is 11.4. The minimum absolute atomic E-state index is 0.150. The molecule has 0 amide bonds. The maximum absolute atomic E-state index is 13.0. The summed E-state index contributed by atoms with van der Waals surface area (Å²) in [7, 11) is 1.86. The van der Waals surface area contributed by atoms with E-state index in [1.807, 2.05) is 11.6 Å². The zero-order valence-electron chi connectivity index (χ0n) is 14.1. The number of aromatic nitrogens is 3. The van der Waals surface area contributed by atoms with Crippen LogP contribution in [0.15, 0.2) is 47.5 Å². The van der Waals surface area contributed by atoms with E-state index < -0.39 is 5.97 Å². The molecular formula is C19H13Cl2N3O3. The van der Waals surface area contributed by atoms with Crippen LogP contribution in [0, 0.1) is 0 Å². The van der Waals surface area contributed by atoms with Gasteiger partial charge in [0.05, 0.1) is 21.1 Å². The highest BCUT2D eigenvalue weighted by Gasteiger charge is 2.18. The lowest BCUT2D eigenvalue weighted by molar-refractivity contribution is -0.137. The number of rotatable bonds is 3. The summed E-state index contributed by atoms with van der Waals surface area (Å²) in [6.07, 6.45) is 3.47. The fraction of sp³-hybridized carbons (Fsp3) is 0.105. The molecule has 0 radical (unpaired) electrons. The molecule has 1 N–H and O–H groups in total. The topological polar surface area (TPSA) is 77.1 Å². The van der Waals surface area contributed by atoms with E-state index in [9.17, 15) is 14.7 Å². The van der Waals surface area contributed by atoms with Gasteiger partial charge in [0.2, 0.25) is 0 Å². The average molecular weight is 402 g/mol. The summed E-state index contributed by atoms with van der Waals surface area (Å²) in [5.41, 5.74) is 1.29. The lowest BCUT2D eigenvalue weighted by atomic mass is 10.1. The van der Waals surface area contributed by atoms with Crippen molar-refractivity contribution in [3.63, 3.8) is 0 Å². The predicted octanol–water partition coefficient (Wildman–Crippen LogP) is 3.95. The second kappa shape index (κ2) is 6.40. The molecule has 0 saturated heterocycles. The van der Waals surface area contributed by atoms with Crippen molar-refractivity contribution < 1.29 is 9.90 Å². The molecule has 0 atom stereocenters. The molecule has 0 spiro atoms. The first-order chi connectivity index (χ1) is 12.9. The quantitative estimate of drug-likeness (QED) is 0.527. The van der Waals surface area contributed by atoms with Crippen molar-refractivity contribution in [1.29, 1.82) is 0 Å². The Morgan fingerprint density at radius 3 is 2.59 bits per heavy atom. The number of carbonyl (C=O) groups is 1. The summed E-state index contributed by atoms with van der Waals surface area (Å²) in [5.74, 6) is -0.358. The molecule has 0 unspecified atom stereocenters. The molecule has 0 fully saturated rings. The van der Waals surface area contributed by atoms with Crippen molar-refractivity contribution in [2.75, 3.05) is 0 Å². The third-order valence-electron chi connectivity index (χ3n) is 4.49. The van der Waals surface area contributed by atoms with Gasteiger partial charge < -0.3 is 14.2 Å². The first-order valence-electron chi connectivity index (χ1n) is 8.02. The SMILES string of the molecule is Cn1ccnc1-c1ccc2c(=O)c3ccc(Cl)c(Cl)c3n(CC(=O)O)c2c1. The molecule has 0 aliphatic carbocycles. The molecule has 136 valence electrons. The number of hydrogen-bond acceptors (Lipinski definition) is 3. The number of halogens is 2. The van der Waals surface area contributed by atoms with Gasteiger partial charge in [-0.2, -0.15) is 0 Å². The van der Waals surface area contributed by atoms with Crippen molar-refractivity contribution in [2.45, 2.75) is 6.54 Å². The van der Waals surface area contributed by atoms with E-state index in [1.165, 1.54) is 10.6 Å². The molecule has 0 saturated carbocycles. The minimum atomic E-state index is -1.06. The second-order valence-corrected chi connectivity index (χ2v) is 6.95. The van der Waals surface area contributed by atoms with Gasteiger partial charge in [-0.05, 0) is 24.3 Å². The van der Waals surface area contributed by atoms with Crippen LogP contribution in [-0.4, -0.2) is 25.2 Å². The first-order valence-corrected chi connectivity index (χ1v) is 8.78. The summed E-state index contributed by atoms with van der Waals surface area (Å²) < 4.78 is 3.35. The number of carboxylic acids is 1. The molecule has 0 bridgehead atoms. The highest BCUT2D eigenvalue weighted by atomic mass is 35.5. The van der Waals surface area contributed by atoms with E-state index >= 15 is 0 Å². The average Bonchev–Trinajstić information content (AvgIpc) is 3.06. The van der Waals surface area contributed by atoms with Crippen molar-refractivity contribution in [3.8, 4) is 11.4 Å². The lowest BCUT2D eigenvalue weighted by Gasteiger charge is -2.16. The summed E-state index contributed by atoms with van der Waals surface area (Å²) in [4.78, 5) is 28.8. The Kier molecular flexibility index (Phi) is 4.17. The highest BCUT2D eigenvalue weighted by molar-refractivity contribution is 6.45. The monoisotopic (exact) mass is 401 g/mol. The van der Waals surface area contributed by atoms with Crippen molar-refractivity contribution in [2.24, 2.45) is 7.05 Å². The standard InChI is InChI=1S/C19H13Cl2N3O3/c1-23-7-6-22-19(23)10-2-3-11-14(8-10)24(9-15(25)26)17-12(18(11)27)4-5-13(20)16(17)21/h2-8H,9H2,1H3,(H,25,26). The van der Waals surface area contributed by atoms with E-state index in [4.69, 9.17) is 23.2 Å². The maximum atomic E-state index is 13.0. The molecule has 2 aromatic carbocycles. The Balaban J connectivity index is 2.19. The highest BCUT2D eigenvalue weighted by Crippen LogP contribution is 2.32. The van der Waals surface area contributed by atoms with Crippen LogP contribution in [0.3, 0.4) is 0 Å². The summed E-state index contributed by atoms with van der Waals surface area (Å²) >= 11 is 12.5. The third-order valence-corrected chi connectivity index (χ3v) is 5.28. The van der Waals surface area contributed by atoms with E-state index in [2.05, 4.69) is 4.98 Å². The summed E-state index contributed by atoms with van der Waals surface area (Å²) in [5, 5.41) is 10.5. The lowest BCUT2D eigenvalue weighted by Crippen LogP contribution is -2.16. The number of hydrogen-bond donors (Lipinski definition) is 1. The Bertz CT molecular complexity index is 1290. The van der Waals surface area contributed by atoms with Gasteiger partial charge in [0.25, 0.3) is 0 Å². The molecule has 8 heteroatoms. The van der Waals surface area contributed by atoms with Crippen LogP contribution in [-0.2, 0) is 18.4 Å². The Labute approximate surface area is 163 Å². The van der Waals surface area contributed by atoms with E-state index in [1.54, 1.807) is 36.7 Å². The fourth-order valence-corrected chi connectivity index (χ4v) is 3.70. The fourth-order valence-electron chi connectivity index (χ4n) is 3.28. The zero-order chi connectivity index (χ0) is 19.3. The zero-order valence-corrected chi connectivity index (χ0v) is 15.6. The van der Waals surface area contributed by atoms with Crippen LogP contribution < -0.4 is 5.43 Å². The van der Waals surface area contributed by atoms with Gasteiger partial charge in [-0.25, -0.2) is 4.98 Å². The van der Waals surface area contributed by atoms with E-state index in [-0.39, 0.29) is 22.0 Å². The number of fused-ring (bicyclic) bond motifs is 2. The molecule has 6 nitrogen and oxygen atoms in total. The van der Waals surface area contributed by atoms with Gasteiger partial charge in [0.1, 0.15) is 12.4 Å². The van der Waals surface area contributed by atoms with Gasteiger partial charge in [-0.3, -0.25) is 9.59 Å². The molecule has 4 rings (SSSR count). The smallest absolute Gasteiger partial charge is 0.323 e. The molecule has 0 aliphatic heterocycles. The third kappa shape index (κ3) is 2.78. The van der Waals surface area contributed by atoms with Crippen LogP contribution >= 0.6 is 23.2 Å². The van der Waals surface area contributed by atoms with Gasteiger partial charge in [0, 0.05) is 35.8 Å². The Morgan fingerprint density at radius 1 is 1.19 bits per heavy atom. The number of benzene rings is 2. The predicted molar refractivity (Wildman–Crippen MR) is 106 cm³/mol. The minimum Gasteiger partial charge on any atom is -0.480 e. The van der Waals surface area contributed by atoms with Crippen molar-refractivity contribution in [3.05, 3.63) is 63.0 Å². The molecule has 0 aliphatic rings. The van der Waals surface area contributed by atoms with E-state index in [0.717, 1.165) is 5.56 Å². The number of imidazole rings is 1. The number of carboxylic acid groups (broad SMARTS) is 1. The van der Waals surface area contributed by atoms with Gasteiger partial charge >= 0.3 is 5.97 Å². The van der Waals surface area contributed by atoms with E-state index in [0.29, 0.717) is 27.6 Å². The molecule has 2 aromatic heterocycles. The molecule has 4 aromatic rings. The second-order valence-electron chi connectivity index (χ2n) is 6.16. The van der Waals surface area contributed by atoms with Gasteiger partial charge in [0.15, 0.2) is 5.43 Å². The van der Waals surface area contributed by atoms with Gasteiger partial charge in [-0.15, -0.1) is 0 Å². The Morgan fingerprint density at radius 2 is 1.93 bits per heavy atom. The molecule has 27 heavy (non-hydrogen) atoms. The number of aryl methyl sites for hydroxylation is 1. The number of aliphatic carboxylic acids is 1. The largest absolute Gasteiger partial charge is 0.480 e. The van der Waals surface area contributed by atoms with Crippen LogP contribution in [0.25, 0.3) is 33.2 Å². The van der Waals surface area contributed by atoms with Crippen LogP contribution in [0.1, 0.15) is 0 Å². The van der Waals surface area contributed by atoms with Crippen LogP contribution in [0.4, 0.5) is 0 Å². The molecular weight excluding hydrogens is 389 g/mol. The summed E-state index contributed by atoms with van der Waals surface area (Å²) in [6.45, 7) is -0.364. The molecule has 2 heterocycles. The first kappa shape index (κ1) is 17.6. The van der Waals surface area contributed by atoms with Crippen LogP contribution in [0.2, 0.25) is 10.0 Å². The Hall–Kier alpha value is -2.83. The van der Waals surface area contributed by atoms with Crippen LogP contribution in [0.5, 0.6) is 0 Å². The van der Waals surface area contributed by atoms with Crippen molar-refractivity contribution in [1.82, 2.24) is 14.1 Å². The van der Waals surface area contributed by atoms with Gasteiger partial charge in [-0.1, -0.05) is 29.3 Å².